The van der Waals surface area contributed by atoms with Crippen LogP contribution in [0, 0.1) is 0 Å². The lowest BCUT2D eigenvalue weighted by atomic mass is 9.95. The Morgan fingerprint density at radius 2 is 1.94 bits per heavy atom. The van der Waals surface area contributed by atoms with Gasteiger partial charge in [-0.25, -0.2) is 8.42 Å². The molecular formula is C11H19N3O2S. The molecule has 17 heavy (non-hydrogen) atoms. The molecule has 1 atom stereocenters. The maximum absolute atomic E-state index is 11.5. The van der Waals surface area contributed by atoms with Crippen LogP contribution in [0.1, 0.15) is 44.8 Å². The fourth-order valence-electron chi connectivity index (χ4n) is 2.35. The average Bonchev–Trinajstić information content (AvgIpc) is 2.67. The van der Waals surface area contributed by atoms with E-state index in [1.165, 1.54) is 0 Å². The average molecular weight is 257 g/mol. The van der Waals surface area contributed by atoms with E-state index in [2.05, 4.69) is 31.0 Å². The zero-order valence-corrected chi connectivity index (χ0v) is 11.6. The molecule has 1 aliphatic rings. The summed E-state index contributed by atoms with van der Waals surface area (Å²) in [6.07, 6.45) is 0.665. The van der Waals surface area contributed by atoms with Gasteiger partial charge in [-0.05, 0) is 6.42 Å². The molecule has 0 N–H and O–H groups in total. The van der Waals surface area contributed by atoms with Gasteiger partial charge in [-0.1, -0.05) is 20.8 Å². The van der Waals surface area contributed by atoms with Crippen molar-refractivity contribution < 1.29 is 8.42 Å². The Morgan fingerprint density at radius 3 is 2.35 bits per heavy atom. The highest BCUT2D eigenvalue weighted by molar-refractivity contribution is 7.91. The third-order valence-electron chi connectivity index (χ3n) is 3.18. The van der Waals surface area contributed by atoms with Crippen LogP contribution in [0.3, 0.4) is 0 Å². The summed E-state index contributed by atoms with van der Waals surface area (Å²) < 4.78 is 24.9. The summed E-state index contributed by atoms with van der Waals surface area (Å²) >= 11 is 0. The highest BCUT2D eigenvalue weighted by Crippen LogP contribution is 2.29. The molecule has 6 heteroatoms. The number of sulfone groups is 1. The Kier molecular flexibility index (Phi) is 2.80. The van der Waals surface area contributed by atoms with Crippen LogP contribution >= 0.6 is 0 Å². The van der Waals surface area contributed by atoms with Crippen molar-refractivity contribution >= 4 is 9.84 Å². The maximum atomic E-state index is 11.5. The fourth-order valence-corrected chi connectivity index (χ4v) is 4.09. The van der Waals surface area contributed by atoms with Gasteiger partial charge in [0.1, 0.15) is 11.6 Å². The van der Waals surface area contributed by atoms with Gasteiger partial charge in [-0.2, -0.15) is 0 Å². The second kappa shape index (κ2) is 3.80. The minimum absolute atomic E-state index is 0.00796. The van der Waals surface area contributed by atoms with Gasteiger partial charge >= 0.3 is 0 Å². The zero-order chi connectivity index (χ0) is 12.8. The van der Waals surface area contributed by atoms with Crippen molar-refractivity contribution in [3.05, 3.63) is 11.6 Å². The molecule has 0 amide bonds. The Morgan fingerprint density at radius 1 is 1.29 bits per heavy atom. The van der Waals surface area contributed by atoms with Crippen LogP contribution in [-0.2, 0) is 22.3 Å². The first-order chi connectivity index (χ1) is 7.71. The summed E-state index contributed by atoms with van der Waals surface area (Å²) in [6, 6.07) is 0. The normalized spacial score (nSPS) is 24.1. The van der Waals surface area contributed by atoms with E-state index in [-0.39, 0.29) is 22.8 Å². The summed E-state index contributed by atoms with van der Waals surface area (Å²) in [4.78, 5) is 0. The van der Waals surface area contributed by atoms with Crippen LogP contribution in [0.2, 0.25) is 0 Å². The molecular weight excluding hydrogens is 238 g/mol. The summed E-state index contributed by atoms with van der Waals surface area (Å²) in [5.41, 5.74) is -0.0719. The first-order valence-corrected chi connectivity index (χ1v) is 7.63. The molecule has 1 fully saturated rings. The fraction of sp³-hybridized carbons (Fsp3) is 0.818. The van der Waals surface area contributed by atoms with Gasteiger partial charge in [-0.3, -0.25) is 0 Å². The van der Waals surface area contributed by atoms with Crippen LogP contribution in [-0.4, -0.2) is 34.7 Å². The summed E-state index contributed by atoms with van der Waals surface area (Å²) in [6.45, 7) is 6.23. The lowest BCUT2D eigenvalue weighted by Crippen LogP contribution is -2.19. The van der Waals surface area contributed by atoms with E-state index in [0.29, 0.717) is 6.42 Å². The smallest absolute Gasteiger partial charge is 0.151 e. The largest absolute Gasteiger partial charge is 0.317 e. The molecule has 2 rings (SSSR count). The summed E-state index contributed by atoms with van der Waals surface area (Å²) in [7, 11) is -0.950. The van der Waals surface area contributed by atoms with Crippen molar-refractivity contribution in [1.82, 2.24) is 14.8 Å². The Bertz CT molecular complexity index is 525. The molecule has 2 heterocycles. The molecule has 5 nitrogen and oxygen atoms in total. The minimum Gasteiger partial charge on any atom is -0.317 e. The van der Waals surface area contributed by atoms with Gasteiger partial charge in [0.25, 0.3) is 0 Å². The molecule has 1 aliphatic heterocycles. The highest BCUT2D eigenvalue weighted by Gasteiger charge is 2.33. The van der Waals surface area contributed by atoms with Crippen LogP contribution in [0.4, 0.5) is 0 Å². The maximum Gasteiger partial charge on any atom is 0.151 e. The predicted octanol–water partition coefficient (Wildman–Crippen LogP) is 1.01. The van der Waals surface area contributed by atoms with Crippen molar-refractivity contribution in [2.45, 2.75) is 38.5 Å². The van der Waals surface area contributed by atoms with Gasteiger partial charge in [0.15, 0.2) is 9.84 Å². The number of aromatic nitrogens is 3. The molecule has 1 saturated heterocycles. The predicted molar refractivity (Wildman–Crippen MR) is 65.7 cm³/mol. The molecule has 0 radical (unpaired) electrons. The van der Waals surface area contributed by atoms with E-state index in [1.54, 1.807) is 0 Å². The van der Waals surface area contributed by atoms with E-state index in [4.69, 9.17) is 0 Å². The first-order valence-electron chi connectivity index (χ1n) is 5.81. The van der Waals surface area contributed by atoms with E-state index in [0.717, 1.165) is 11.6 Å². The summed E-state index contributed by atoms with van der Waals surface area (Å²) in [5.74, 6) is 2.19. The van der Waals surface area contributed by atoms with Gasteiger partial charge in [0.2, 0.25) is 0 Å². The van der Waals surface area contributed by atoms with E-state index in [9.17, 15) is 8.42 Å². The standard InChI is InChI=1S/C11H19N3O2S/c1-11(2,3)10-13-12-9(14(10)4)8-5-6-17(15,16)7-8/h8H,5-7H2,1-4H3. The molecule has 0 saturated carbocycles. The second-order valence-electron chi connectivity index (χ2n) is 5.79. The monoisotopic (exact) mass is 257 g/mol. The molecule has 0 bridgehead atoms. The van der Waals surface area contributed by atoms with Crippen molar-refractivity contribution in [1.29, 1.82) is 0 Å². The van der Waals surface area contributed by atoms with E-state index >= 15 is 0 Å². The van der Waals surface area contributed by atoms with Crippen LogP contribution in [0.15, 0.2) is 0 Å². The lowest BCUT2D eigenvalue weighted by Gasteiger charge is -2.18. The third-order valence-corrected chi connectivity index (χ3v) is 4.94. The second-order valence-corrected chi connectivity index (χ2v) is 8.02. The van der Waals surface area contributed by atoms with E-state index < -0.39 is 9.84 Å². The number of hydrogen-bond acceptors (Lipinski definition) is 4. The van der Waals surface area contributed by atoms with Crippen molar-refractivity contribution in [3.8, 4) is 0 Å². The molecule has 96 valence electrons. The summed E-state index contributed by atoms with van der Waals surface area (Å²) in [5, 5.41) is 8.38. The third kappa shape index (κ3) is 2.36. The van der Waals surface area contributed by atoms with Crippen molar-refractivity contribution in [2.24, 2.45) is 7.05 Å². The number of nitrogens with zero attached hydrogens (tertiary/aromatic N) is 3. The van der Waals surface area contributed by atoms with Crippen molar-refractivity contribution in [2.75, 3.05) is 11.5 Å². The number of hydrogen-bond donors (Lipinski definition) is 0. The van der Waals surface area contributed by atoms with Gasteiger partial charge in [-0.15, -0.1) is 10.2 Å². The zero-order valence-electron chi connectivity index (χ0n) is 10.8. The Hall–Kier alpha value is -0.910. The molecule has 1 aromatic heterocycles. The molecule has 1 unspecified atom stereocenters. The van der Waals surface area contributed by atoms with Crippen LogP contribution in [0.5, 0.6) is 0 Å². The topological polar surface area (TPSA) is 64.8 Å². The minimum atomic E-state index is -2.87. The van der Waals surface area contributed by atoms with Crippen LogP contribution < -0.4 is 0 Å². The molecule has 0 aromatic carbocycles. The van der Waals surface area contributed by atoms with E-state index in [1.807, 2.05) is 11.6 Å². The Labute approximate surface area is 102 Å². The molecule has 0 spiro atoms. The van der Waals surface area contributed by atoms with Gasteiger partial charge in [0, 0.05) is 18.4 Å². The highest BCUT2D eigenvalue weighted by atomic mass is 32.2. The number of rotatable bonds is 1. The molecule has 1 aromatic rings. The lowest BCUT2D eigenvalue weighted by molar-refractivity contribution is 0.513. The van der Waals surface area contributed by atoms with Crippen LogP contribution in [0.25, 0.3) is 0 Å². The Balaban J connectivity index is 2.33. The first kappa shape index (κ1) is 12.5. The quantitative estimate of drug-likeness (QED) is 0.753. The van der Waals surface area contributed by atoms with Gasteiger partial charge in [0.05, 0.1) is 11.5 Å². The van der Waals surface area contributed by atoms with Gasteiger partial charge < -0.3 is 4.57 Å². The molecule has 0 aliphatic carbocycles. The SMILES string of the molecule is Cn1c(C2CCS(=O)(=O)C2)nnc1C(C)(C)C. The van der Waals surface area contributed by atoms with Crippen molar-refractivity contribution in [3.63, 3.8) is 0 Å².